The highest BCUT2D eigenvalue weighted by Gasteiger charge is 2.22. The third-order valence-electron chi connectivity index (χ3n) is 4.68. The quantitative estimate of drug-likeness (QED) is 0.804. The van der Waals surface area contributed by atoms with Crippen LogP contribution in [0.4, 0.5) is 5.69 Å². The molecule has 0 spiro atoms. The predicted molar refractivity (Wildman–Crippen MR) is 103 cm³/mol. The van der Waals surface area contributed by atoms with Gasteiger partial charge < -0.3 is 14.4 Å². The maximum Gasteiger partial charge on any atom is 0.123 e. The van der Waals surface area contributed by atoms with Crippen molar-refractivity contribution in [1.82, 2.24) is 4.90 Å². The van der Waals surface area contributed by atoms with Gasteiger partial charge in [0.15, 0.2) is 0 Å². The molecule has 2 aromatic carbocycles. The van der Waals surface area contributed by atoms with Crippen molar-refractivity contribution in [2.45, 2.75) is 6.54 Å². The molecule has 0 N–H and O–H groups in total. The van der Waals surface area contributed by atoms with Gasteiger partial charge in [0.05, 0.1) is 30.5 Å². The summed E-state index contributed by atoms with van der Waals surface area (Å²) in [6.45, 7) is 4.21. The average Bonchev–Trinajstić information content (AvgIpc) is 2.68. The molecule has 1 fully saturated rings. The molecule has 1 aliphatic rings. The highest BCUT2D eigenvalue weighted by molar-refractivity contribution is 6.33. The van der Waals surface area contributed by atoms with Gasteiger partial charge in [0.1, 0.15) is 17.6 Å². The molecule has 0 bridgehead atoms. The number of hydrogen-bond donors (Lipinski definition) is 0. The SMILES string of the molecule is COc1ccc(OC)c(CN2CCN(c3c(Cl)cccc3C#N)CC2)c1. The van der Waals surface area contributed by atoms with E-state index in [2.05, 4.69) is 15.9 Å². The van der Waals surface area contributed by atoms with E-state index in [1.807, 2.05) is 36.4 Å². The van der Waals surface area contributed by atoms with E-state index in [0.717, 1.165) is 55.5 Å². The Morgan fingerprint density at radius 1 is 1.08 bits per heavy atom. The number of methoxy groups -OCH3 is 2. The van der Waals surface area contributed by atoms with Crippen LogP contribution in [0.3, 0.4) is 0 Å². The van der Waals surface area contributed by atoms with E-state index < -0.39 is 0 Å². The minimum absolute atomic E-state index is 0.625. The zero-order chi connectivity index (χ0) is 18.5. The van der Waals surface area contributed by atoms with Crippen molar-refractivity contribution in [3.05, 3.63) is 52.5 Å². The molecule has 0 saturated carbocycles. The van der Waals surface area contributed by atoms with Crippen molar-refractivity contribution >= 4 is 17.3 Å². The van der Waals surface area contributed by atoms with E-state index in [9.17, 15) is 5.26 Å². The number of ether oxygens (including phenoxy) is 2. The lowest BCUT2D eigenvalue weighted by atomic mass is 10.1. The van der Waals surface area contributed by atoms with Crippen LogP contribution >= 0.6 is 11.6 Å². The van der Waals surface area contributed by atoms with E-state index in [1.165, 1.54) is 0 Å². The zero-order valence-corrected chi connectivity index (χ0v) is 15.8. The van der Waals surface area contributed by atoms with Crippen molar-refractivity contribution in [1.29, 1.82) is 5.26 Å². The molecular weight excluding hydrogens is 350 g/mol. The maximum absolute atomic E-state index is 9.36. The summed E-state index contributed by atoms with van der Waals surface area (Å²) in [7, 11) is 3.35. The Bertz CT molecular complexity index is 811. The molecule has 1 saturated heterocycles. The molecule has 26 heavy (non-hydrogen) atoms. The van der Waals surface area contributed by atoms with Crippen molar-refractivity contribution in [3.8, 4) is 17.6 Å². The Hall–Kier alpha value is -2.42. The second-order valence-electron chi connectivity index (χ2n) is 6.19. The van der Waals surface area contributed by atoms with E-state index >= 15 is 0 Å². The van der Waals surface area contributed by atoms with E-state index in [4.69, 9.17) is 21.1 Å². The fourth-order valence-electron chi connectivity index (χ4n) is 3.30. The number of nitrogens with zero attached hydrogens (tertiary/aromatic N) is 3. The fraction of sp³-hybridized carbons (Fsp3) is 0.350. The van der Waals surface area contributed by atoms with Gasteiger partial charge in [0.25, 0.3) is 0 Å². The minimum Gasteiger partial charge on any atom is -0.497 e. The number of rotatable bonds is 5. The molecule has 2 aromatic rings. The van der Waals surface area contributed by atoms with Gasteiger partial charge in [-0.05, 0) is 30.3 Å². The molecule has 0 aromatic heterocycles. The van der Waals surface area contributed by atoms with Gasteiger partial charge in [-0.15, -0.1) is 0 Å². The van der Waals surface area contributed by atoms with Crippen molar-refractivity contribution < 1.29 is 9.47 Å². The van der Waals surface area contributed by atoms with Crippen LogP contribution in [0.25, 0.3) is 0 Å². The lowest BCUT2D eigenvalue weighted by molar-refractivity contribution is 0.245. The summed E-state index contributed by atoms with van der Waals surface area (Å²) in [6.07, 6.45) is 0. The first-order chi connectivity index (χ1) is 12.7. The summed E-state index contributed by atoms with van der Waals surface area (Å²) in [5.41, 5.74) is 2.58. The molecule has 0 unspecified atom stereocenters. The first-order valence-corrected chi connectivity index (χ1v) is 8.91. The third-order valence-corrected chi connectivity index (χ3v) is 4.98. The predicted octanol–water partition coefficient (Wildman–Crippen LogP) is 3.55. The van der Waals surface area contributed by atoms with Gasteiger partial charge in [0, 0.05) is 38.3 Å². The molecule has 1 heterocycles. The van der Waals surface area contributed by atoms with Gasteiger partial charge in [0.2, 0.25) is 0 Å². The number of piperazine rings is 1. The van der Waals surface area contributed by atoms with Gasteiger partial charge in [-0.2, -0.15) is 5.26 Å². The summed E-state index contributed by atoms with van der Waals surface area (Å²) >= 11 is 6.34. The van der Waals surface area contributed by atoms with E-state index in [1.54, 1.807) is 14.2 Å². The molecule has 0 amide bonds. The van der Waals surface area contributed by atoms with Crippen LogP contribution in [0.15, 0.2) is 36.4 Å². The zero-order valence-electron chi connectivity index (χ0n) is 15.0. The summed E-state index contributed by atoms with van der Waals surface area (Å²) in [6, 6.07) is 13.6. The monoisotopic (exact) mass is 371 g/mol. The Morgan fingerprint density at radius 3 is 2.50 bits per heavy atom. The average molecular weight is 372 g/mol. The van der Waals surface area contributed by atoms with Gasteiger partial charge in [-0.1, -0.05) is 17.7 Å². The first-order valence-electron chi connectivity index (χ1n) is 8.53. The molecule has 136 valence electrons. The Labute approximate surface area is 159 Å². The van der Waals surface area contributed by atoms with Crippen LogP contribution in [0.1, 0.15) is 11.1 Å². The van der Waals surface area contributed by atoms with Gasteiger partial charge in [-0.3, -0.25) is 4.90 Å². The third kappa shape index (κ3) is 3.87. The number of anilines is 1. The van der Waals surface area contributed by atoms with Crippen LogP contribution in [0.2, 0.25) is 5.02 Å². The summed E-state index contributed by atoms with van der Waals surface area (Å²) in [5.74, 6) is 1.69. The highest BCUT2D eigenvalue weighted by atomic mass is 35.5. The fourth-order valence-corrected chi connectivity index (χ4v) is 3.60. The highest BCUT2D eigenvalue weighted by Crippen LogP contribution is 2.31. The Kier molecular flexibility index (Phi) is 5.87. The largest absolute Gasteiger partial charge is 0.497 e. The van der Waals surface area contributed by atoms with Crippen LogP contribution in [0.5, 0.6) is 11.5 Å². The van der Waals surface area contributed by atoms with Crippen molar-refractivity contribution in [3.63, 3.8) is 0 Å². The molecule has 5 nitrogen and oxygen atoms in total. The lowest BCUT2D eigenvalue weighted by Crippen LogP contribution is -2.46. The summed E-state index contributed by atoms with van der Waals surface area (Å²) in [4.78, 5) is 4.57. The Morgan fingerprint density at radius 2 is 1.85 bits per heavy atom. The van der Waals surface area contributed by atoms with Gasteiger partial charge in [-0.25, -0.2) is 0 Å². The van der Waals surface area contributed by atoms with Crippen molar-refractivity contribution in [2.24, 2.45) is 0 Å². The van der Waals surface area contributed by atoms with Crippen molar-refractivity contribution in [2.75, 3.05) is 45.3 Å². The lowest BCUT2D eigenvalue weighted by Gasteiger charge is -2.37. The van der Waals surface area contributed by atoms with Crippen LogP contribution in [0, 0.1) is 11.3 Å². The second kappa shape index (κ2) is 8.31. The molecule has 6 heteroatoms. The molecule has 3 rings (SSSR count). The molecule has 0 aliphatic carbocycles. The number of hydrogen-bond acceptors (Lipinski definition) is 5. The van der Waals surface area contributed by atoms with Crippen LogP contribution in [-0.4, -0.2) is 45.3 Å². The number of halogens is 1. The number of para-hydroxylation sites is 1. The Balaban J connectivity index is 1.70. The number of benzene rings is 2. The molecule has 0 atom stereocenters. The smallest absolute Gasteiger partial charge is 0.123 e. The normalized spacial score (nSPS) is 14.8. The van der Waals surface area contributed by atoms with Crippen LogP contribution < -0.4 is 14.4 Å². The van der Waals surface area contributed by atoms with Gasteiger partial charge >= 0.3 is 0 Å². The van der Waals surface area contributed by atoms with E-state index in [-0.39, 0.29) is 0 Å². The van der Waals surface area contributed by atoms with Crippen LogP contribution in [-0.2, 0) is 6.54 Å². The topological polar surface area (TPSA) is 48.7 Å². The number of nitriles is 1. The maximum atomic E-state index is 9.36. The standard InChI is InChI=1S/C20H22ClN3O2/c1-25-17-6-7-19(26-2)16(12-17)14-23-8-10-24(11-9-23)20-15(13-22)4-3-5-18(20)21/h3-7,12H,8-11,14H2,1-2H3. The summed E-state index contributed by atoms with van der Waals surface area (Å²) in [5, 5.41) is 9.99. The molecular formula is C20H22ClN3O2. The molecule has 0 radical (unpaired) electrons. The summed E-state index contributed by atoms with van der Waals surface area (Å²) < 4.78 is 10.8. The molecule has 1 aliphatic heterocycles. The minimum atomic E-state index is 0.625. The second-order valence-corrected chi connectivity index (χ2v) is 6.60. The van der Waals surface area contributed by atoms with E-state index in [0.29, 0.717) is 10.6 Å². The first kappa shape index (κ1) is 18.4.